The van der Waals surface area contributed by atoms with Crippen LogP contribution in [0.4, 0.5) is 4.39 Å². The van der Waals surface area contributed by atoms with Gasteiger partial charge in [0.2, 0.25) is 0 Å². The van der Waals surface area contributed by atoms with Crippen LogP contribution in [0.5, 0.6) is 0 Å². The number of benzene rings is 1. The van der Waals surface area contributed by atoms with Crippen molar-refractivity contribution in [1.82, 2.24) is 4.90 Å². The Hall–Kier alpha value is -0.940. The summed E-state index contributed by atoms with van der Waals surface area (Å²) in [5.41, 5.74) is 0.984. The molecule has 1 aliphatic heterocycles. The summed E-state index contributed by atoms with van der Waals surface area (Å²) in [5, 5.41) is 0. The number of hydrogen-bond donors (Lipinski definition) is 0. The summed E-state index contributed by atoms with van der Waals surface area (Å²) < 4.78 is 18.7. The van der Waals surface area contributed by atoms with Crippen LogP contribution >= 0.6 is 15.9 Å². The topological polar surface area (TPSA) is 29.5 Å². The van der Waals surface area contributed by atoms with E-state index in [1.807, 2.05) is 0 Å². The molecule has 1 aliphatic rings. The minimum atomic E-state index is -0.265. The van der Waals surface area contributed by atoms with Crippen LogP contribution in [-0.2, 0) is 16.1 Å². The zero-order chi connectivity index (χ0) is 13.8. The predicted molar refractivity (Wildman–Crippen MR) is 74.2 cm³/mol. The molecule has 1 atom stereocenters. The lowest BCUT2D eigenvalue weighted by atomic mass is 10.0. The number of esters is 1. The molecule has 0 bridgehead atoms. The van der Waals surface area contributed by atoms with Gasteiger partial charge in [0.15, 0.2) is 0 Å². The van der Waals surface area contributed by atoms with Gasteiger partial charge in [-0.3, -0.25) is 9.69 Å². The van der Waals surface area contributed by atoms with Crippen LogP contribution in [0.25, 0.3) is 0 Å². The van der Waals surface area contributed by atoms with Crippen LogP contribution in [0.15, 0.2) is 22.7 Å². The second-order valence-corrected chi connectivity index (χ2v) is 5.60. The maximum Gasteiger partial charge on any atom is 0.323 e. The van der Waals surface area contributed by atoms with Crippen molar-refractivity contribution >= 4 is 21.9 Å². The van der Waals surface area contributed by atoms with Crippen molar-refractivity contribution in [2.75, 3.05) is 13.7 Å². The first-order chi connectivity index (χ1) is 9.11. The second kappa shape index (κ2) is 6.48. The average molecular weight is 330 g/mol. The fourth-order valence-electron chi connectivity index (χ4n) is 2.45. The van der Waals surface area contributed by atoms with Crippen LogP contribution in [0, 0.1) is 5.82 Å². The molecule has 0 radical (unpaired) electrons. The number of piperidine rings is 1. The van der Waals surface area contributed by atoms with Gasteiger partial charge in [-0.1, -0.05) is 28.4 Å². The van der Waals surface area contributed by atoms with E-state index in [-0.39, 0.29) is 17.8 Å². The molecule has 0 saturated carbocycles. The summed E-state index contributed by atoms with van der Waals surface area (Å²) in [7, 11) is 1.42. The molecule has 1 saturated heterocycles. The maximum atomic E-state index is 13.1. The van der Waals surface area contributed by atoms with E-state index in [1.165, 1.54) is 19.2 Å². The molecular formula is C14H17BrFNO2. The third-order valence-electron chi connectivity index (χ3n) is 3.48. The minimum Gasteiger partial charge on any atom is -0.468 e. The smallest absolute Gasteiger partial charge is 0.323 e. The zero-order valence-electron chi connectivity index (χ0n) is 10.9. The number of likely N-dealkylation sites (tertiary alicyclic amines) is 1. The van der Waals surface area contributed by atoms with E-state index in [0.717, 1.165) is 35.8 Å². The van der Waals surface area contributed by atoms with Crippen LogP contribution in [0.1, 0.15) is 24.8 Å². The van der Waals surface area contributed by atoms with E-state index in [0.29, 0.717) is 6.54 Å². The number of carbonyl (C=O) groups is 1. The van der Waals surface area contributed by atoms with E-state index in [4.69, 9.17) is 4.74 Å². The van der Waals surface area contributed by atoms with Crippen molar-refractivity contribution in [2.24, 2.45) is 0 Å². The Morgan fingerprint density at radius 3 is 3.00 bits per heavy atom. The van der Waals surface area contributed by atoms with E-state index in [1.54, 1.807) is 6.07 Å². The quantitative estimate of drug-likeness (QED) is 0.798. The molecule has 1 fully saturated rings. The summed E-state index contributed by atoms with van der Waals surface area (Å²) in [5.74, 6) is -0.447. The Kier molecular flexibility index (Phi) is 4.93. The van der Waals surface area contributed by atoms with Crippen molar-refractivity contribution in [3.8, 4) is 0 Å². The number of hydrogen-bond acceptors (Lipinski definition) is 3. The Morgan fingerprint density at radius 1 is 1.53 bits per heavy atom. The molecule has 0 aliphatic carbocycles. The first-order valence-electron chi connectivity index (χ1n) is 6.37. The number of rotatable bonds is 3. The van der Waals surface area contributed by atoms with Crippen LogP contribution in [0.2, 0.25) is 0 Å². The Balaban J connectivity index is 2.13. The van der Waals surface area contributed by atoms with Crippen molar-refractivity contribution in [3.05, 3.63) is 34.1 Å². The van der Waals surface area contributed by atoms with E-state index in [2.05, 4.69) is 20.8 Å². The highest BCUT2D eigenvalue weighted by Gasteiger charge is 2.29. The van der Waals surface area contributed by atoms with Crippen LogP contribution < -0.4 is 0 Å². The molecule has 3 nitrogen and oxygen atoms in total. The van der Waals surface area contributed by atoms with Crippen LogP contribution in [0.3, 0.4) is 0 Å². The van der Waals surface area contributed by atoms with Crippen LogP contribution in [-0.4, -0.2) is 30.6 Å². The second-order valence-electron chi connectivity index (χ2n) is 4.74. The van der Waals surface area contributed by atoms with E-state index >= 15 is 0 Å². The first-order valence-corrected chi connectivity index (χ1v) is 7.17. The third-order valence-corrected chi connectivity index (χ3v) is 4.21. The number of halogens is 2. The van der Waals surface area contributed by atoms with E-state index < -0.39 is 0 Å². The fraction of sp³-hybridized carbons (Fsp3) is 0.500. The largest absolute Gasteiger partial charge is 0.468 e. The fourth-order valence-corrected chi connectivity index (χ4v) is 2.93. The lowest BCUT2D eigenvalue weighted by Crippen LogP contribution is -2.44. The molecule has 0 aromatic heterocycles. The number of nitrogens with zero attached hydrogens (tertiary/aromatic N) is 1. The normalized spacial score (nSPS) is 20.3. The van der Waals surface area contributed by atoms with Crippen molar-refractivity contribution < 1.29 is 13.9 Å². The molecule has 0 spiro atoms. The molecule has 0 amide bonds. The maximum absolute atomic E-state index is 13.1. The molecule has 1 aromatic rings. The van der Waals surface area contributed by atoms with Crippen molar-refractivity contribution in [3.63, 3.8) is 0 Å². The van der Waals surface area contributed by atoms with Gasteiger partial charge in [-0.05, 0) is 37.1 Å². The Bertz CT molecular complexity index is 467. The van der Waals surface area contributed by atoms with Gasteiger partial charge in [-0.2, -0.15) is 0 Å². The van der Waals surface area contributed by atoms with E-state index in [9.17, 15) is 9.18 Å². The number of carbonyl (C=O) groups excluding carboxylic acids is 1. The zero-order valence-corrected chi connectivity index (χ0v) is 12.5. The molecular weight excluding hydrogens is 313 g/mol. The number of ether oxygens (including phenoxy) is 1. The SMILES string of the molecule is COC(=O)[C@H]1CCCCN1Cc1ccc(F)cc1Br. The van der Waals surface area contributed by atoms with Gasteiger partial charge < -0.3 is 4.74 Å². The standard InChI is InChI=1S/C14H17BrFNO2/c1-19-14(18)13-4-2-3-7-17(13)9-10-5-6-11(16)8-12(10)15/h5-6,8,13H,2-4,7,9H2,1H3/t13-/m1/s1. The lowest BCUT2D eigenvalue weighted by molar-refractivity contribution is -0.148. The molecule has 0 N–H and O–H groups in total. The third kappa shape index (κ3) is 3.54. The van der Waals surface area contributed by atoms with Gasteiger partial charge in [0.1, 0.15) is 11.9 Å². The molecule has 0 unspecified atom stereocenters. The van der Waals surface area contributed by atoms with Gasteiger partial charge >= 0.3 is 5.97 Å². The molecule has 19 heavy (non-hydrogen) atoms. The highest BCUT2D eigenvalue weighted by atomic mass is 79.9. The highest BCUT2D eigenvalue weighted by Crippen LogP contribution is 2.24. The summed E-state index contributed by atoms with van der Waals surface area (Å²) in [4.78, 5) is 13.9. The molecule has 1 aromatic carbocycles. The van der Waals surface area contributed by atoms with Gasteiger partial charge in [0, 0.05) is 11.0 Å². The van der Waals surface area contributed by atoms with Crippen molar-refractivity contribution in [2.45, 2.75) is 31.8 Å². The molecule has 5 heteroatoms. The van der Waals surface area contributed by atoms with Gasteiger partial charge in [0.05, 0.1) is 7.11 Å². The molecule has 104 valence electrons. The van der Waals surface area contributed by atoms with Crippen molar-refractivity contribution in [1.29, 1.82) is 0 Å². The highest BCUT2D eigenvalue weighted by molar-refractivity contribution is 9.10. The average Bonchev–Trinajstić information content (AvgIpc) is 2.41. The summed E-state index contributed by atoms with van der Waals surface area (Å²) >= 11 is 3.37. The van der Waals surface area contributed by atoms with Gasteiger partial charge in [-0.25, -0.2) is 4.39 Å². The summed E-state index contributed by atoms with van der Waals surface area (Å²) in [6, 6.07) is 4.46. The molecule has 1 heterocycles. The Labute approximate surface area is 120 Å². The molecule has 2 rings (SSSR count). The summed E-state index contributed by atoms with van der Waals surface area (Å²) in [6.07, 6.45) is 2.94. The lowest BCUT2D eigenvalue weighted by Gasteiger charge is -2.33. The Morgan fingerprint density at radius 2 is 2.32 bits per heavy atom. The first kappa shape index (κ1) is 14.5. The van der Waals surface area contributed by atoms with Gasteiger partial charge in [0.25, 0.3) is 0 Å². The predicted octanol–water partition coefficient (Wildman–Crippen LogP) is 3.12. The monoisotopic (exact) mass is 329 g/mol. The minimum absolute atomic E-state index is 0.182. The number of methoxy groups -OCH3 is 1. The van der Waals surface area contributed by atoms with Gasteiger partial charge in [-0.15, -0.1) is 0 Å². The summed E-state index contributed by atoms with van der Waals surface area (Å²) in [6.45, 7) is 1.49.